The number of aliphatic hydroxyl groups is 1. The van der Waals surface area contributed by atoms with Gasteiger partial charge in [-0.2, -0.15) is 13.2 Å². The molecule has 398 valence electrons. The number of likely N-dealkylation sites (tertiary alicyclic amines) is 1. The molecular weight excluding hydrogens is 1040 g/mol. The monoisotopic (exact) mass is 1100 g/mol. The first-order chi connectivity index (χ1) is 35.8. The minimum Gasteiger partial charge on any atom is -0.478 e. The lowest BCUT2D eigenvalue weighted by molar-refractivity contribution is -0.0436. The van der Waals surface area contributed by atoms with E-state index in [1.54, 1.807) is 23.9 Å². The molecule has 2 atom stereocenters. The summed E-state index contributed by atoms with van der Waals surface area (Å²) in [6, 6.07) is 36.2. The van der Waals surface area contributed by atoms with Crippen molar-refractivity contribution in [1.29, 1.82) is 0 Å². The van der Waals surface area contributed by atoms with Crippen molar-refractivity contribution in [1.82, 2.24) is 9.47 Å². The van der Waals surface area contributed by atoms with Gasteiger partial charge in [0.1, 0.15) is 0 Å². The molecule has 0 unspecified atom stereocenters. The van der Waals surface area contributed by atoms with Crippen LogP contribution in [0, 0.1) is 12.8 Å². The minimum absolute atomic E-state index is 0.00495. The predicted octanol–water partition coefficient (Wildman–Crippen LogP) is 11.8. The molecule has 75 heavy (non-hydrogen) atoms. The molecule has 6 aromatic rings. The Kier molecular flexibility index (Phi) is 16.5. The second-order valence-electron chi connectivity index (χ2n) is 19.8. The van der Waals surface area contributed by atoms with Gasteiger partial charge in [-0.1, -0.05) is 60.1 Å². The van der Waals surface area contributed by atoms with Crippen molar-refractivity contribution in [3.05, 3.63) is 143 Å². The molecule has 3 saturated heterocycles. The highest BCUT2D eigenvalue weighted by atomic mass is 35.5. The number of sulfone groups is 1. The van der Waals surface area contributed by atoms with Crippen molar-refractivity contribution in [3.63, 3.8) is 0 Å². The lowest BCUT2D eigenvalue weighted by Gasteiger charge is -2.37. The first-order valence-corrected chi connectivity index (χ1v) is 29.7. The number of hydrogen-bond acceptors (Lipinski definition) is 10. The summed E-state index contributed by atoms with van der Waals surface area (Å²) in [6.45, 7) is 10.8. The van der Waals surface area contributed by atoms with Gasteiger partial charge >= 0.3 is 19.0 Å². The zero-order valence-corrected chi connectivity index (χ0v) is 45.4. The molecule has 3 aliphatic heterocycles. The molecule has 0 aliphatic carbocycles. The Labute approximate surface area is 446 Å². The summed E-state index contributed by atoms with van der Waals surface area (Å²) in [7, 11) is -9.96. The van der Waals surface area contributed by atoms with E-state index in [9.17, 15) is 41.2 Å². The van der Waals surface area contributed by atoms with E-state index in [-0.39, 0.29) is 54.1 Å². The third-order valence-electron chi connectivity index (χ3n) is 14.6. The molecule has 1 aromatic heterocycles. The number of rotatable bonds is 17. The van der Waals surface area contributed by atoms with Gasteiger partial charge in [0.25, 0.3) is 9.84 Å². The van der Waals surface area contributed by atoms with Crippen molar-refractivity contribution >= 4 is 69.1 Å². The number of thioether (sulfide) groups is 1. The second-order valence-corrected chi connectivity index (χ2v) is 25.5. The Morgan fingerprint density at radius 3 is 2.11 bits per heavy atom. The summed E-state index contributed by atoms with van der Waals surface area (Å²) in [6.07, 6.45) is 1.57. The minimum atomic E-state index is -5.87. The van der Waals surface area contributed by atoms with E-state index in [4.69, 9.17) is 16.1 Å². The van der Waals surface area contributed by atoms with E-state index in [1.165, 1.54) is 16.8 Å². The Morgan fingerprint density at radius 1 is 0.813 bits per heavy atom. The molecule has 3 aliphatic rings. The van der Waals surface area contributed by atoms with E-state index in [0.717, 1.165) is 39.2 Å². The lowest BCUT2D eigenvalue weighted by Crippen LogP contribution is -2.46. The van der Waals surface area contributed by atoms with Gasteiger partial charge < -0.3 is 34.0 Å². The van der Waals surface area contributed by atoms with Gasteiger partial charge in [0, 0.05) is 89.3 Å². The number of halogens is 4. The summed E-state index contributed by atoms with van der Waals surface area (Å²) in [5.41, 5.74) is 0.811. The Hall–Kier alpha value is -5.26. The van der Waals surface area contributed by atoms with E-state index in [1.807, 2.05) is 106 Å². The number of carboxylic acid groups (broad SMARTS) is 1. The number of piperidine rings is 1. The van der Waals surface area contributed by atoms with Crippen molar-refractivity contribution < 1.29 is 45.7 Å². The number of anilines is 3. The zero-order valence-electron chi connectivity index (χ0n) is 42.1. The van der Waals surface area contributed by atoms with Gasteiger partial charge in [-0.15, -0.1) is 11.8 Å². The summed E-state index contributed by atoms with van der Waals surface area (Å²) in [5.74, 6) is -0.682. The summed E-state index contributed by atoms with van der Waals surface area (Å²) in [4.78, 5) is 19.7. The molecule has 0 saturated carbocycles. The van der Waals surface area contributed by atoms with E-state index >= 15 is 0 Å². The SMILES string of the molecule is Cc1c(C(=O)O)c(-c2cccc(N3CCN(c4ccc(N5CCO[P@@]5(=O)c5ccc(C[C@H](CCN6CCC(O)CC6)CSc6ccccc6)c(S(=O)(=O)C(F)(F)F)c5)cc4)CC3)c2)c(-c2ccc(Cl)cc2)n1C(C)C. The van der Waals surface area contributed by atoms with Crippen molar-refractivity contribution in [2.45, 2.75) is 73.9 Å². The first kappa shape index (κ1) is 54.5. The van der Waals surface area contributed by atoms with Crippen molar-refractivity contribution in [3.8, 4) is 22.4 Å². The molecule has 9 rings (SSSR count). The predicted molar refractivity (Wildman–Crippen MR) is 294 cm³/mol. The number of piperazine rings is 1. The van der Waals surface area contributed by atoms with Gasteiger partial charge in [0.15, 0.2) is 0 Å². The third-order valence-corrected chi connectivity index (χ3v) is 20.2. The first-order valence-electron chi connectivity index (χ1n) is 25.3. The van der Waals surface area contributed by atoms with Crippen LogP contribution in [0.5, 0.6) is 0 Å². The molecule has 12 nitrogen and oxygen atoms in total. The van der Waals surface area contributed by atoms with Gasteiger partial charge in [0.05, 0.1) is 40.7 Å². The van der Waals surface area contributed by atoms with Crippen LogP contribution in [-0.2, 0) is 25.3 Å². The smallest absolute Gasteiger partial charge is 0.478 e. The molecule has 19 heteroatoms. The molecular formula is C56H62ClF3N5O7PS2. The van der Waals surface area contributed by atoms with Crippen LogP contribution in [0.4, 0.5) is 30.2 Å². The van der Waals surface area contributed by atoms with Gasteiger partial charge in [-0.25, -0.2) is 13.2 Å². The molecule has 0 bridgehead atoms. The van der Waals surface area contributed by atoms with Crippen LogP contribution >= 0.6 is 30.9 Å². The fourth-order valence-corrected chi connectivity index (χ4v) is 15.2. The third kappa shape index (κ3) is 11.7. The average Bonchev–Trinajstić information content (AvgIpc) is 3.96. The number of aromatic carboxylic acids is 1. The number of alkyl halides is 3. The van der Waals surface area contributed by atoms with Crippen LogP contribution < -0.4 is 19.8 Å². The average molecular weight is 1100 g/mol. The van der Waals surface area contributed by atoms with E-state index in [2.05, 4.69) is 25.3 Å². The Bertz CT molecular complexity index is 3150. The molecule has 0 radical (unpaired) electrons. The van der Waals surface area contributed by atoms with Gasteiger partial charge in [-0.3, -0.25) is 9.24 Å². The van der Waals surface area contributed by atoms with Crippen LogP contribution in [0.1, 0.15) is 60.8 Å². The van der Waals surface area contributed by atoms with Crippen LogP contribution in [0.25, 0.3) is 22.4 Å². The van der Waals surface area contributed by atoms with Crippen LogP contribution in [-0.4, -0.2) is 110 Å². The van der Waals surface area contributed by atoms with Gasteiger partial charge in [-0.05, 0) is 148 Å². The fourth-order valence-electron chi connectivity index (χ4n) is 10.7. The highest BCUT2D eigenvalue weighted by Crippen LogP contribution is 2.56. The maximum atomic E-state index is 15.0. The largest absolute Gasteiger partial charge is 0.501 e. The molecule has 3 fully saturated rings. The fraction of sp³-hybridized carbons (Fsp3) is 0.375. The summed E-state index contributed by atoms with van der Waals surface area (Å²) >= 11 is 7.84. The number of carbonyl (C=O) groups is 1. The highest BCUT2D eigenvalue weighted by molar-refractivity contribution is 7.99. The van der Waals surface area contributed by atoms with Crippen molar-refractivity contribution in [2.24, 2.45) is 5.92 Å². The Balaban J connectivity index is 0.923. The summed E-state index contributed by atoms with van der Waals surface area (Å²) < 4.78 is 95.0. The van der Waals surface area contributed by atoms with E-state index < -0.39 is 33.7 Å². The summed E-state index contributed by atoms with van der Waals surface area (Å²) in [5, 5.41) is 21.1. The van der Waals surface area contributed by atoms with E-state index in [0.29, 0.717) is 92.8 Å². The quantitative estimate of drug-likeness (QED) is 0.0665. The normalized spacial score (nSPS) is 18.5. The number of nitrogens with zero attached hydrogens (tertiary/aromatic N) is 5. The van der Waals surface area contributed by atoms with Crippen LogP contribution in [0.2, 0.25) is 5.02 Å². The number of hydrogen-bond donors (Lipinski definition) is 2. The molecule has 0 spiro atoms. The topological polar surface area (TPSA) is 136 Å². The van der Waals surface area contributed by atoms with Crippen LogP contribution in [0.15, 0.2) is 131 Å². The zero-order chi connectivity index (χ0) is 53.2. The molecule has 4 heterocycles. The lowest BCUT2D eigenvalue weighted by atomic mass is 9.96. The second kappa shape index (κ2) is 22.8. The molecule has 0 amide bonds. The maximum absolute atomic E-state index is 15.0. The maximum Gasteiger partial charge on any atom is 0.501 e. The number of aromatic nitrogens is 1. The van der Waals surface area contributed by atoms with Gasteiger partial charge in [0.2, 0.25) is 0 Å². The number of benzene rings is 5. The highest BCUT2D eigenvalue weighted by Gasteiger charge is 2.49. The number of aliphatic hydroxyl groups excluding tert-OH is 1. The van der Waals surface area contributed by atoms with Crippen molar-refractivity contribution in [2.75, 3.05) is 79.2 Å². The standard InChI is InChI=1S/C56H62ClF3N5O7PS2/c1-38(2)65-39(3)52(55(67)68)53(54(65)41-12-15-44(57)16-13-41)43-8-7-9-47(35-43)63-30-28-62(29-31-63)45-17-19-46(20-18-45)64-32-33-72-73(64,69)49-21-14-42(51(36-49)75(70,71)56(58,59)60)34-40(37-74-50-10-5-4-6-11-50)22-25-61-26-23-48(66)24-27-61/h4-21,35-36,38,40,48,66H,22-34,37H2,1-3H3,(H,67,68)/t40-,73-/m0/s1. The van der Waals surface area contributed by atoms with Crippen LogP contribution in [0.3, 0.4) is 0 Å². The number of carboxylic acids is 1. The molecule has 2 N–H and O–H groups in total. The Morgan fingerprint density at radius 2 is 1.47 bits per heavy atom. The molecule has 5 aromatic carbocycles.